The molecule has 0 saturated carbocycles. The summed E-state index contributed by atoms with van der Waals surface area (Å²) in [5.41, 5.74) is 1.33. The molecule has 6 nitrogen and oxygen atoms in total. The highest BCUT2D eigenvalue weighted by atomic mass is 32.2. The third kappa shape index (κ3) is 3.27. The topological polar surface area (TPSA) is 77.5 Å². The Balaban J connectivity index is 2.44. The van der Waals surface area contributed by atoms with E-state index >= 15 is 0 Å². The molecule has 1 aromatic carbocycles. The van der Waals surface area contributed by atoms with Crippen molar-refractivity contribution >= 4 is 26.5 Å². The molecule has 0 spiro atoms. The van der Waals surface area contributed by atoms with Gasteiger partial charge in [0.1, 0.15) is 0 Å². The highest BCUT2D eigenvalue weighted by molar-refractivity contribution is 7.93. The molecule has 1 N–H and O–H groups in total. The molecule has 0 bridgehead atoms. The minimum absolute atomic E-state index is 0.132. The standard InChI is InChI=1S/C13H16N2O4S2/c1-8-5-10(18-3)11(19-4)6-12(8)21(16,17)15-13-14-9(2)7-20-13/h5-7H,1-4H3,(H,14,15). The molecular formula is C13H16N2O4S2. The lowest BCUT2D eigenvalue weighted by Gasteiger charge is -2.13. The molecule has 0 radical (unpaired) electrons. The van der Waals surface area contributed by atoms with E-state index in [1.807, 2.05) is 0 Å². The third-order valence-corrected chi connectivity index (χ3v) is 5.30. The first kappa shape index (κ1) is 15.6. The van der Waals surface area contributed by atoms with Crippen LogP contribution in [0.4, 0.5) is 5.13 Å². The zero-order valence-corrected chi connectivity index (χ0v) is 13.8. The van der Waals surface area contributed by atoms with E-state index in [4.69, 9.17) is 9.47 Å². The van der Waals surface area contributed by atoms with E-state index < -0.39 is 10.0 Å². The smallest absolute Gasteiger partial charge is 0.264 e. The maximum Gasteiger partial charge on any atom is 0.264 e. The third-order valence-electron chi connectivity index (χ3n) is 2.81. The molecule has 0 aliphatic carbocycles. The van der Waals surface area contributed by atoms with Gasteiger partial charge in [-0.1, -0.05) is 0 Å². The van der Waals surface area contributed by atoms with Crippen molar-refractivity contribution in [2.45, 2.75) is 18.7 Å². The average Bonchev–Trinajstić information content (AvgIpc) is 2.82. The largest absolute Gasteiger partial charge is 0.493 e. The number of thiazole rings is 1. The predicted octanol–water partition coefficient (Wildman–Crippen LogP) is 2.58. The molecule has 0 saturated heterocycles. The van der Waals surface area contributed by atoms with E-state index in [9.17, 15) is 8.42 Å². The van der Waals surface area contributed by atoms with Crippen LogP contribution in [-0.2, 0) is 10.0 Å². The van der Waals surface area contributed by atoms with Gasteiger partial charge in [-0.25, -0.2) is 13.4 Å². The first-order valence-electron chi connectivity index (χ1n) is 6.05. The van der Waals surface area contributed by atoms with Crippen molar-refractivity contribution in [2.24, 2.45) is 0 Å². The number of rotatable bonds is 5. The number of methoxy groups -OCH3 is 2. The van der Waals surface area contributed by atoms with Crippen LogP contribution in [0.5, 0.6) is 11.5 Å². The van der Waals surface area contributed by atoms with Crippen LogP contribution in [0.25, 0.3) is 0 Å². The van der Waals surface area contributed by atoms with Crippen molar-refractivity contribution in [3.63, 3.8) is 0 Å². The minimum atomic E-state index is -3.73. The van der Waals surface area contributed by atoms with Gasteiger partial charge < -0.3 is 9.47 Å². The molecule has 0 unspecified atom stereocenters. The van der Waals surface area contributed by atoms with Gasteiger partial charge in [0, 0.05) is 11.4 Å². The minimum Gasteiger partial charge on any atom is -0.493 e. The number of nitrogens with one attached hydrogen (secondary N) is 1. The van der Waals surface area contributed by atoms with Gasteiger partial charge in [0.05, 0.1) is 24.8 Å². The summed E-state index contributed by atoms with van der Waals surface area (Å²) >= 11 is 1.24. The normalized spacial score (nSPS) is 11.2. The maximum absolute atomic E-state index is 12.5. The predicted molar refractivity (Wildman–Crippen MR) is 81.9 cm³/mol. The molecule has 0 aliphatic rings. The van der Waals surface area contributed by atoms with Crippen LogP contribution < -0.4 is 14.2 Å². The van der Waals surface area contributed by atoms with Gasteiger partial charge in [-0.2, -0.15) is 0 Å². The van der Waals surface area contributed by atoms with Gasteiger partial charge in [-0.3, -0.25) is 4.72 Å². The van der Waals surface area contributed by atoms with E-state index in [0.717, 1.165) is 5.69 Å². The number of nitrogens with zero attached hydrogens (tertiary/aromatic N) is 1. The Morgan fingerprint density at radius 3 is 2.29 bits per heavy atom. The molecule has 8 heteroatoms. The summed E-state index contributed by atoms with van der Waals surface area (Å²) in [6, 6.07) is 3.07. The van der Waals surface area contributed by atoms with Crippen LogP contribution in [0.15, 0.2) is 22.4 Å². The lowest BCUT2D eigenvalue weighted by molar-refractivity contribution is 0.353. The van der Waals surface area contributed by atoms with Crippen LogP contribution in [0.3, 0.4) is 0 Å². The van der Waals surface area contributed by atoms with E-state index in [2.05, 4.69) is 9.71 Å². The Hall–Kier alpha value is -1.80. The van der Waals surface area contributed by atoms with Crippen LogP contribution >= 0.6 is 11.3 Å². The second-order valence-electron chi connectivity index (χ2n) is 4.37. The fourth-order valence-corrected chi connectivity index (χ4v) is 4.01. The van der Waals surface area contributed by atoms with Crippen molar-refractivity contribution < 1.29 is 17.9 Å². The van der Waals surface area contributed by atoms with Crippen molar-refractivity contribution in [3.8, 4) is 11.5 Å². The highest BCUT2D eigenvalue weighted by Crippen LogP contribution is 2.33. The van der Waals surface area contributed by atoms with E-state index in [1.165, 1.54) is 31.6 Å². The van der Waals surface area contributed by atoms with Gasteiger partial charge in [-0.05, 0) is 25.5 Å². The van der Waals surface area contributed by atoms with Crippen molar-refractivity contribution in [1.29, 1.82) is 0 Å². The van der Waals surface area contributed by atoms with E-state index in [-0.39, 0.29) is 4.90 Å². The molecule has 2 aromatic rings. The van der Waals surface area contributed by atoms with Gasteiger partial charge in [0.25, 0.3) is 10.0 Å². The number of anilines is 1. The number of sulfonamides is 1. The summed E-state index contributed by atoms with van der Waals surface area (Å²) in [7, 11) is -0.764. The molecule has 2 rings (SSSR count). The molecule has 21 heavy (non-hydrogen) atoms. The Bertz CT molecular complexity index is 754. The fourth-order valence-electron chi connectivity index (χ4n) is 1.82. The Kier molecular flexibility index (Phi) is 4.38. The molecule has 0 aliphatic heterocycles. The number of hydrogen-bond donors (Lipinski definition) is 1. The average molecular weight is 328 g/mol. The van der Waals surface area contributed by atoms with Crippen molar-refractivity contribution in [3.05, 3.63) is 28.8 Å². The summed E-state index contributed by atoms with van der Waals surface area (Å²) in [5.74, 6) is 0.845. The van der Waals surface area contributed by atoms with Gasteiger partial charge in [0.15, 0.2) is 16.6 Å². The molecule has 0 atom stereocenters. The lowest BCUT2D eigenvalue weighted by atomic mass is 10.2. The molecule has 0 fully saturated rings. The monoisotopic (exact) mass is 328 g/mol. The highest BCUT2D eigenvalue weighted by Gasteiger charge is 2.21. The Labute approximate surface area is 127 Å². The van der Waals surface area contributed by atoms with E-state index in [1.54, 1.807) is 25.3 Å². The zero-order chi connectivity index (χ0) is 15.6. The molecule has 0 amide bonds. The number of hydrogen-bond acceptors (Lipinski definition) is 6. The number of aryl methyl sites for hydroxylation is 2. The number of benzene rings is 1. The first-order chi connectivity index (χ1) is 9.87. The second-order valence-corrected chi connectivity index (χ2v) is 6.88. The van der Waals surface area contributed by atoms with Crippen molar-refractivity contribution in [1.82, 2.24) is 4.98 Å². The molecule has 1 heterocycles. The number of aromatic nitrogens is 1. The second kappa shape index (κ2) is 5.90. The fraction of sp³-hybridized carbons (Fsp3) is 0.308. The summed E-state index contributed by atoms with van der Waals surface area (Å²) < 4.78 is 37.7. The Morgan fingerprint density at radius 2 is 1.76 bits per heavy atom. The summed E-state index contributed by atoms with van der Waals surface area (Å²) in [6.07, 6.45) is 0. The Morgan fingerprint density at radius 1 is 1.14 bits per heavy atom. The quantitative estimate of drug-likeness (QED) is 0.913. The van der Waals surface area contributed by atoms with Crippen LogP contribution in [0, 0.1) is 13.8 Å². The molecular weight excluding hydrogens is 312 g/mol. The SMILES string of the molecule is COc1cc(C)c(S(=O)(=O)Nc2nc(C)cs2)cc1OC. The first-order valence-corrected chi connectivity index (χ1v) is 8.41. The zero-order valence-electron chi connectivity index (χ0n) is 12.1. The summed E-state index contributed by atoms with van der Waals surface area (Å²) in [5, 5.41) is 2.11. The molecule has 1 aromatic heterocycles. The molecule has 114 valence electrons. The van der Waals surface area contributed by atoms with Crippen LogP contribution in [0.2, 0.25) is 0 Å². The van der Waals surface area contributed by atoms with Crippen LogP contribution in [-0.4, -0.2) is 27.6 Å². The maximum atomic E-state index is 12.5. The van der Waals surface area contributed by atoms with Gasteiger partial charge >= 0.3 is 0 Å². The summed E-state index contributed by atoms with van der Waals surface area (Å²) in [6.45, 7) is 3.50. The summed E-state index contributed by atoms with van der Waals surface area (Å²) in [4.78, 5) is 4.23. The van der Waals surface area contributed by atoms with Crippen molar-refractivity contribution in [2.75, 3.05) is 18.9 Å². The lowest BCUT2D eigenvalue weighted by Crippen LogP contribution is -2.14. The van der Waals surface area contributed by atoms with Gasteiger partial charge in [0.2, 0.25) is 0 Å². The van der Waals surface area contributed by atoms with E-state index in [0.29, 0.717) is 22.2 Å². The number of ether oxygens (including phenoxy) is 2. The van der Waals surface area contributed by atoms with Crippen LogP contribution in [0.1, 0.15) is 11.3 Å². The van der Waals surface area contributed by atoms with Gasteiger partial charge in [-0.15, -0.1) is 11.3 Å².